The molecule has 1 aromatic carbocycles. The highest BCUT2D eigenvalue weighted by Crippen LogP contribution is 2.32. The Kier molecular flexibility index (Phi) is 5.93. The van der Waals surface area contributed by atoms with Gasteiger partial charge in [0, 0.05) is 24.7 Å². The van der Waals surface area contributed by atoms with Gasteiger partial charge in [-0.3, -0.25) is 14.9 Å². The molecule has 28 heavy (non-hydrogen) atoms. The molecule has 2 heterocycles. The standard InChI is InChI=1S/C19H21N3O5S/c1-12-10-16(28-17(12)19(24)27-2)20-18(23)13-6-7-14(15(11-13)22(25)26)21-8-4-3-5-9-21/h6-7,10-11H,3-5,8-9H2,1-2H3,(H,20,23). The van der Waals surface area contributed by atoms with E-state index in [0.717, 1.165) is 43.7 Å². The molecular formula is C19H21N3O5S. The molecule has 0 spiro atoms. The number of rotatable bonds is 5. The number of methoxy groups -OCH3 is 1. The minimum Gasteiger partial charge on any atom is -0.465 e. The summed E-state index contributed by atoms with van der Waals surface area (Å²) in [5.74, 6) is -0.935. The number of esters is 1. The number of nitrogens with one attached hydrogen (secondary N) is 1. The number of aryl methyl sites for hydroxylation is 1. The topological polar surface area (TPSA) is 102 Å². The summed E-state index contributed by atoms with van der Waals surface area (Å²) in [4.78, 5) is 37.8. The monoisotopic (exact) mass is 403 g/mol. The fourth-order valence-electron chi connectivity index (χ4n) is 3.24. The number of nitro groups is 1. The molecule has 1 aliphatic rings. The Hall–Kier alpha value is -2.94. The Morgan fingerprint density at radius 3 is 2.57 bits per heavy atom. The van der Waals surface area contributed by atoms with Crippen LogP contribution in [0.2, 0.25) is 0 Å². The number of nitro benzene ring substituents is 1. The molecule has 2 aromatic rings. The highest BCUT2D eigenvalue weighted by atomic mass is 32.1. The Morgan fingerprint density at radius 2 is 1.93 bits per heavy atom. The molecule has 0 radical (unpaired) electrons. The lowest BCUT2D eigenvalue weighted by atomic mass is 10.1. The number of thiophene rings is 1. The molecule has 0 aliphatic carbocycles. The van der Waals surface area contributed by atoms with E-state index in [0.29, 0.717) is 21.1 Å². The second-order valence-corrected chi connectivity index (χ2v) is 7.63. The molecule has 3 rings (SSSR count). The molecular weight excluding hydrogens is 382 g/mol. The molecule has 0 saturated carbocycles. The maximum absolute atomic E-state index is 12.6. The van der Waals surface area contributed by atoms with E-state index in [4.69, 9.17) is 4.74 Å². The van der Waals surface area contributed by atoms with E-state index < -0.39 is 16.8 Å². The van der Waals surface area contributed by atoms with E-state index in [1.807, 2.05) is 4.90 Å². The van der Waals surface area contributed by atoms with Gasteiger partial charge in [0.15, 0.2) is 0 Å². The van der Waals surface area contributed by atoms with Crippen LogP contribution in [-0.4, -0.2) is 37.0 Å². The summed E-state index contributed by atoms with van der Waals surface area (Å²) in [5.41, 5.74) is 1.35. The fourth-order valence-corrected chi connectivity index (χ4v) is 4.22. The first-order chi connectivity index (χ1) is 13.4. The van der Waals surface area contributed by atoms with E-state index in [-0.39, 0.29) is 11.3 Å². The number of ether oxygens (including phenoxy) is 1. The quantitative estimate of drug-likeness (QED) is 0.460. The van der Waals surface area contributed by atoms with Crippen LogP contribution in [-0.2, 0) is 4.74 Å². The van der Waals surface area contributed by atoms with Gasteiger partial charge in [-0.1, -0.05) is 0 Å². The van der Waals surface area contributed by atoms with E-state index in [9.17, 15) is 19.7 Å². The van der Waals surface area contributed by atoms with Gasteiger partial charge in [-0.05, 0) is 49.9 Å². The number of hydrogen-bond acceptors (Lipinski definition) is 7. The summed E-state index contributed by atoms with van der Waals surface area (Å²) in [5, 5.41) is 14.7. The smallest absolute Gasteiger partial charge is 0.348 e. The van der Waals surface area contributed by atoms with Crippen molar-refractivity contribution in [3.63, 3.8) is 0 Å². The highest BCUT2D eigenvalue weighted by molar-refractivity contribution is 7.18. The predicted molar refractivity (Wildman–Crippen MR) is 108 cm³/mol. The van der Waals surface area contributed by atoms with Crippen LogP contribution < -0.4 is 10.2 Å². The number of benzene rings is 1. The zero-order valence-corrected chi connectivity index (χ0v) is 16.5. The van der Waals surface area contributed by atoms with Gasteiger partial charge in [0.05, 0.1) is 17.0 Å². The molecule has 0 atom stereocenters. The van der Waals surface area contributed by atoms with Gasteiger partial charge < -0.3 is 15.0 Å². The van der Waals surface area contributed by atoms with E-state index in [2.05, 4.69) is 5.32 Å². The van der Waals surface area contributed by atoms with Crippen molar-refractivity contribution >= 4 is 39.6 Å². The molecule has 0 unspecified atom stereocenters. The largest absolute Gasteiger partial charge is 0.465 e. The van der Waals surface area contributed by atoms with Crippen LogP contribution in [0.25, 0.3) is 0 Å². The lowest BCUT2D eigenvalue weighted by Gasteiger charge is -2.28. The van der Waals surface area contributed by atoms with Crippen molar-refractivity contribution in [3.8, 4) is 0 Å². The zero-order chi connectivity index (χ0) is 20.3. The zero-order valence-electron chi connectivity index (χ0n) is 15.7. The van der Waals surface area contributed by atoms with Crippen LogP contribution in [0.15, 0.2) is 24.3 Å². The van der Waals surface area contributed by atoms with E-state index in [1.54, 1.807) is 25.1 Å². The highest BCUT2D eigenvalue weighted by Gasteiger charge is 2.23. The molecule has 1 aliphatic heterocycles. The van der Waals surface area contributed by atoms with Crippen molar-refractivity contribution in [1.82, 2.24) is 0 Å². The van der Waals surface area contributed by atoms with Gasteiger partial charge in [-0.2, -0.15) is 0 Å². The van der Waals surface area contributed by atoms with Crippen molar-refractivity contribution in [2.75, 3.05) is 30.4 Å². The summed E-state index contributed by atoms with van der Waals surface area (Å²) in [6.45, 7) is 3.30. The van der Waals surface area contributed by atoms with Crippen LogP contribution in [0.4, 0.5) is 16.4 Å². The second kappa shape index (κ2) is 8.39. The predicted octanol–water partition coefficient (Wildman–Crippen LogP) is 3.99. The van der Waals surface area contributed by atoms with Crippen molar-refractivity contribution in [2.45, 2.75) is 26.2 Å². The lowest BCUT2D eigenvalue weighted by molar-refractivity contribution is -0.384. The van der Waals surface area contributed by atoms with Crippen molar-refractivity contribution in [3.05, 3.63) is 50.4 Å². The summed E-state index contributed by atoms with van der Waals surface area (Å²) in [6.07, 6.45) is 3.12. The normalized spacial score (nSPS) is 13.9. The molecule has 148 valence electrons. The minimum atomic E-state index is -0.468. The van der Waals surface area contributed by atoms with Gasteiger partial charge in [0.25, 0.3) is 11.6 Å². The average molecular weight is 403 g/mol. The van der Waals surface area contributed by atoms with Crippen LogP contribution in [0.3, 0.4) is 0 Å². The molecule has 1 saturated heterocycles. The fraction of sp³-hybridized carbons (Fsp3) is 0.368. The second-order valence-electron chi connectivity index (χ2n) is 6.58. The minimum absolute atomic E-state index is 0.0767. The molecule has 0 bridgehead atoms. The first-order valence-electron chi connectivity index (χ1n) is 8.94. The van der Waals surface area contributed by atoms with Gasteiger partial charge >= 0.3 is 5.97 Å². The Labute approximate surface area is 166 Å². The van der Waals surface area contributed by atoms with Gasteiger partial charge in [-0.25, -0.2) is 4.79 Å². The number of carbonyl (C=O) groups excluding carboxylic acids is 2. The van der Waals surface area contributed by atoms with Gasteiger partial charge in [0.1, 0.15) is 10.6 Å². The number of nitrogens with zero attached hydrogens (tertiary/aromatic N) is 2. The van der Waals surface area contributed by atoms with E-state index in [1.165, 1.54) is 13.2 Å². The first-order valence-corrected chi connectivity index (χ1v) is 9.76. The van der Waals surface area contributed by atoms with Crippen molar-refractivity contribution in [2.24, 2.45) is 0 Å². The van der Waals surface area contributed by atoms with Gasteiger partial charge in [0.2, 0.25) is 0 Å². The maximum atomic E-state index is 12.6. The molecule has 1 fully saturated rings. The molecule has 9 heteroatoms. The molecule has 8 nitrogen and oxygen atoms in total. The third-order valence-corrected chi connectivity index (χ3v) is 5.79. The van der Waals surface area contributed by atoms with Crippen molar-refractivity contribution in [1.29, 1.82) is 0 Å². The Bertz CT molecular complexity index is 918. The summed E-state index contributed by atoms with van der Waals surface area (Å²) >= 11 is 1.10. The van der Waals surface area contributed by atoms with Gasteiger partial charge in [-0.15, -0.1) is 11.3 Å². The Morgan fingerprint density at radius 1 is 1.21 bits per heavy atom. The Balaban J connectivity index is 1.83. The van der Waals surface area contributed by atoms with Crippen LogP contribution in [0.1, 0.15) is 44.9 Å². The number of carbonyl (C=O) groups is 2. The molecule has 1 N–H and O–H groups in total. The summed E-state index contributed by atoms with van der Waals surface area (Å²) in [6, 6.07) is 6.21. The number of amides is 1. The van der Waals surface area contributed by atoms with E-state index >= 15 is 0 Å². The number of piperidine rings is 1. The molecule has 1 aromatic heterocycles. The third-order valence-electron chi connectivity index (χ3n) is 4.66. The maximum Gasteiger partial charge on any atom is 0.348 e. The number of anilines is 2. The van der Waals surface area contributed by atoms with Crippen LogP contribution in [0.5, 0.6) is 0 Å². The van der Waals surface area contributed by atoms with Crippen LogP contribution >= 0.6 is 11.3 Å². The molecule has 1 amide bonds. The average Bonchev–Trinajstić information content (AvgIpc) is 3.07. The van der Waals surface area contributed by atoms with Crippen LogP contribution in [0, 0.1) is 17.0 Å². The summed E-state index contributed by atoms with van der Waals surface area (Å²) < 4.78 is 4.71. The van der Waals surface area contributed by atoms with Crippen molar-refractivity contribution < 1.29 is 19.2 Å². The first kappa shape index (κ1) is 19.8. The SMILES string of the molecule is COC(=O)c1sc(NC(=O)c2ccc(N3CCCCC3)c([N+](=O)[O-])c2)cc1C. The third kappa shape index (κ3) is 4.14. The summed E-state index contributed by atoms with van der Waals surface area (Å²) in [7, 11) is 1.29. The lowest BCUT2D eigenvalue weighted by Crippen LogP contribution is -2.30. The number of hydrogen-bond donors (Lipinski definition) is 1.